The molecule has 2 fully saturated rings. The molecule has 6 atom stereocenters. The van der Waals surface area contributed by atoms with Gasteiger partial charge in [0.15, 0.2) is 12.4 Å². The van der Waals surface area contributed by atoms with Crippen LogP contribution < -0.4 is 0 Å². The zero-order valence-corrected chi connectivity index (χ0v) is 13.5. The van der Waals surface area contributed by atoms with Gasteiger partial charge in [-0.15, -0.1) is 0 Å². The molecule has 2 heterocycles. The summed E-state index contributed by atoms with van der Waals surface area (Å²) in [4.78, 5) is 13.8. The van der Waals surface area contributed by atoms with Gasteiger partial charge in [0.2, 0.25) is 0 Å². The molecule has 9 nitrogen and oxygen atoms in total. The first-order valence-corrected chi connectivity index (χ1v) is 7.57. The number of aliphatic hydroxyl groups excluding tert-OH is 3. The highest BCUT2D eigenvalue weighted by Gasteiger charge is 2.49. The maximum atomic E-state index is 12.5. The number of likely N-dealkylation sites (N-methyl/N-ethyl adjacent to an activating group) is 1. The van der Waals surface area contributed by atoms with Gasteiger partial charge in [0, 0.05) is 14.2 Å². The minimum Gasteiger partial charge on any atom is -0.387 e. The van der Waals surface area contributed by atoms with Crippen LogP contribution in [-0.2, 0) is 23.7 Å². The summed E-state index contributed by atoms with van der Waals surface area (Å²) in [5.41, 5.74) is 0. The lowest BCUT2D eigenvalue weighted by Crippen LogP contribution is -2.64. The van der Waals surface area contributed by atoms with Gasteiger partial charge in [-0.2, -0.15) is 0 Å². The third-order valence-electron chi connectivity index (χ3n) is 4.22. The number of methoxy groups -OCH3 is 1. The molecule has 2 rings (SSSR count). The van der Waals surface area contributed by atoms with E-state index in [9.17, 15) is 20.1 Å². The molecular weight excluding hydrogens is 310 g/mol. The average Bonchev–Trinajstić information content (AvgIpc) is 3.04. The predicted molar refractivity (Wildman–Crippen MR) is 76.5 cm³/mol. The first-order valence-electron chi connectivity index (χ1n) is 7.57. The van der Waals surface area contributed by atoms with E-state index >= 15 is 0 Å². The molecule has 1 amide bonds. The van der Waals surface area contributed by atoms with Gasteiger partial charge < -0.3 is 39.2 Å². The number of nitrogens with zero attached hydrogens (tertiary/aromatic N) is 1. The van der Waals surface area contributed by atoms with Crippen molar-refractivity contribution in [3.63, 3.8) is 0 Å². The second-order valence-corrected chi connectivity index (χ2v) is 5.82. The number of hydrogen-bond donors (Lipinski definition) is 3. The summed E-state index contributed by atoms with van der Waals surface area (Å²) < 4.78 is 21.2. The van der Waals surface area contributed by atoms with Crippen LogP contribution >= 0.6 is 0 Å². The van der Waals surface area contributed by atoms with E-state index in [1.54, 1.807) is 6.92 Å². The van der Waals surface area contributed by atoms with Crippen LogP contribution in [0.1, 0.15) is 6.92 Å². The summed E-state index contributed by atoms with van der Waals surface area (Å²) in [6.07, 6.45) is -7.71. The Hall–Kier alpha value is -0.810. The molecule has 2 aliphatic rings. The minimum absolute atomic E-state index is 0.175. The van der Waals surface area contributed by atoms with Crippen LogP contribution in [0.2, 0.25) is 0 Å². The Morgan fingerprint density at radius 1 is 1.22 bits per heavy atom. The van der Waals surface area contributed by atoms with Crippen LogP contribution in [0, 0.1) is 0 Å². The van der Waals surface area contributed by atoms with Crippen molar-refractivity contribution in [2.45, 2.75) is 49.8 Å². The van der Waals surface area contributed by atoms with Crippen molar-refractivity contribution >= 4 is 5.91 Å². The van der Waals surface area contributed by atoms with Gasteiger partial charge in [0.1, 0.15) is 24.4 Å². The Labute approximate surface area is 134 Å². The molecule has 0 aromatic rings. The Bertz CT molecular complexity index is 402. The lowest BCUT2D eigenvalue weighted by Gasteiger charge is -2.42. The van der Waals surface area contributed by atoms with Gasteiger partial charge in [-0.1, -0.05) is 0 Å². The van der Waals surface area contributed by atoms with Gasteiger partial charge in [0.05, 0.1) is 25.9 Å². The van der Waals surface area contributed by atoms with E-state index in [-0.39, 0.29) is 6.54 Å². The predicted octanol–water partition coefficient (Wildman–Crippen LogP) is -2.30. The van der Waals surface area contributed by atoms with Crippen LogP contribution in [-0.4, -0.2) is 103 Å². The maximum absolute atomic E-state index is 12.5. The van der Waals surface area contributed by atoms with Crippen LogP contribution in [0.4, 0.5) is 0 Å². The standard InChI is InChI=1S/C14H25NO8/c1-7(20-3)12-10(17)9(16)11(18)13(23-12)14(19)15(2)6-8-21-4-5-22-8/h7-13,16-18H,4-6H2,1-3H3/t7-,9+,10-,11-,12-,13?/m0/s1. The second-order valence-electron chi connectivity index (χ2n) is 5.82. The third-order valence-corrected chi connectivity index (χ3v) is 4.22. The van der Waals surface area contributed by atoms with Crippen molar-refractivity contribution in [2.24, 2.45) is 0 Å². The van der Waals surface area contributed by atoms with Crippen molar-refractivity contribution in [3.05, 3.63) is 0 Å². The summed E-state index contributed by atoms with van der Waals surface area (Å²) in [6, 6.07) is 0. The van der Waals surface area contributed by atoms with Gasteiger partial charge in [-0.3, -0.25) is 4.79 Å². The van der Waals surface area contributed by atoms with E-state index < -0.39 is 48.8 Å². The fourth-order valence-corrected chi connectivity index (χ4v) is 2.68. The number of carbonyl (C=O) groups excluding carboxylic acids is 1. The lowest BCUT2D eigenvalue weighted by molar-refractivity contribution is -0.243. The lowest BCUT2D eigenvalue weighted by atomic mass is 9.92. The van der Waals surface area contributed by atoms with Crippen LogP contribution in [0.15, 0.2) is 0 Å². The van der Waals surface area contributed by atoms with E-state index in [0.717, 1.165) is 0 Å². The summed E-state index contributed by atoms with van der Waals surface area (Å²) in [5, 5.41) is 30.1. The maximum Gasteiger partial charge on any atom is 0.254 e. The smallest absolute Gasteiger partial charge is 0.254 e. The average molecular weight is 335 g/mol. The molecule has 3 N–H and O–H groups in total. The fourth-order valence-electron chi connectivity index (χ4n) is 2.68. The number of amides is 1. The van der Waals surface area contributed by atoms with Crippen LogP contribution in [0.3, 0.4) is 0 Å². The van der Waals surface area contributed by atoms with Crippen molar-refractivity contribution in [1.82, 2.24) is 4.90 Å². The Morgan fingerprint density at radius 2 is 1.83 bits per heavy atom. The van der Waals surface area contributed by atoms with E-state index in [4.69, 9.17) is 18.9 Å². The number of hydrogen-bond acceptors (Lipinski definition) is 8. The van der Waals surface area contributed by atoms with E-state index in [2.05, 4.69) is 0 Å². The van der Waals surface area contributed by atoms with Gasteiger partial charge >= 0.3 is 0 Å². The molecule has 0 saturated carbocycles. The summed E-state index contributed by atoms with van der Waals surface area (Å²) in [7, 11) is 2.95. The highest BCUT2D eigenvalue weighted by molar-refractivity contribution is 5.81. The third kappa shape index (κ3) is 4.00. The van der Waals surface area contributed by atoms with E-state index in [0.29, 0.717) is 13.2 Å². The second kappa shape index (κ2) is 7.84. The van der Waals surface area contributed by atoms with Crippen molar-refractivity contribution in [1.29, 1.82) is 0 Å². The van der Waals surface area contributed by atoms with Crippen molar-refractivity contribution in [2.75, 3.05) is 33.9 Å². The van der Waals surface area contributed by atoms with Crippen LogP contribution in [0.25, 0.3) is 0 Å². The highest BCUT2D eigenvalue weighted by atomic mass is 16.7. The molecule has 9 heteroatoms. The topological polar surface area (TPSA) is 118 Å². The van der Waals surface area contributed by atoms with Gasteiger partial charge in [-0.05, 0) is 6.92 Å². The molecule has 0 bridgehead atoms. The zero-order valence-electron chi connectivity index (χ0n) is 13.5. The molecule has 2 saturated heterocycles. The molecule has 1 unspecified atom stereocenters. The quantitative estimate of drug-likeness (QED) is 0.514. The molecule has 0 radical (unpaired) electrons. The largest absolute Gasteiger partial charge is 0.387 e. The van der Waals surface area contributed by atoms with Crippen molar-refractivity contribution < 1.29 is 39.1 Å². The molecular formula is C14H25NO8. The first kappa shape index (κ1) is 18.5. The normalized spacial score (nSPS) is 36.9. The zero-order chi connectivity index (χ0) is 17.1. The molecule has 0 aromatic heterocycles. The van der Waals surface area contributed by atoms with E-state index in [1.165, 1.54) is 19.1 Å². The molecule has 2 aliphatic heterocycles. The summed E-state index contributed by atoms with van der Waals surface area (Å²) in [5.74, 6) is -0.532. The molecule has 0 aromatic carbocycles. The monoisotopic (exact) mass is 335 g/mol. The SMILES string of the molecule is CO[C@@H](C)[C@@H]1OC(C(=O)N(C)CC2OCCO2)[C@@H](O)[C@H](O)[C@@H]1O. The fraction of sp³-hybridized carbons (Fsp3) is 0.929. The van der Waals surface area contributed by atoms with E-state index in [1.807, 2.05) is 0 Å². The number of aliphatic hydroxyl groups is 3. The van der Waals surface area contributed by atoms with Gasteiger partial charge in [-0.25, -0.2) is 0 Å². The molecule has 134 valence electrons. The van der Waals surface area contributed by atoms with Crippen LogP contribution in [0.5, 0.6) is 0 Å². The Balaban J connectivity index is 2.04. The number of carbonyl (C=O) groups is 1. The molecule has 0 spiro atoms. The Kier molecular flexibility index (Phi) is 6.32. The van der Waals surface area contributed by atoms with Crippen molar-refractivity contribution in [3.8, 4) is 0 Å². The highest BCUT2D eigenvalue weighted by Crippen LogP contribution is 2.25. The summed E-state index contributed by atoms with van der Waals surface area (Å²) in [6.45, 7) is 2.75. The number of ether oxygens (including phenoxy) is 4. The summed E-state index contributed by atoms with van der Waals surface area (Å²) >= 11 is 0. The first-order chi connectivity index (χ1) is 10.9. The minimum atomic E-state index is -1.54. The van der Waals surface area contributed by atoms with Gasteiger partial charge in [0.25, 0.3) is 5.91 Å². The number of rotatable bonds is 5. The molecule has 23 heavy (non-hydrogen) atoms. The molecule has 0 aliphatic carbocycles. The Morgan fingerprint density at radius 3 is 2.39 bits per heavy atom.